The highest BCUT2D eigenvalue weighted by Gasteiger charge is 2.06. The smallest absolute Gasteiger partial charge is 0.0701 e. The van der Waals surface area contributed by atoms with Gasteiger partial charge in [-0.25, -0.2) is 0 Å². The molecule has 0 heterocycles. The van der Waals surface area contributed by atoms with Crippen molar-refractivity contribution in [1.29, 1.82) is 0 Å². The van der Waals surface area contributed by atoms with Crippen LogP contribution >= 0.6 is 0 Å². The third-order valence-corrected chi connectivity index (χ3v) is 2.36. The van der Waals surface area contributed by atoms with Crippen LogP contribution in [-0.4, -0.2) is 76.5 Å². The highest BCUT2D eigenvalue weighted by Crippen LogP contribution is 1.96. The van der Waals surface area contributed by atoms with Crippen LogP contribution in [0.15, 0.2) is 0 Å². The quantitative estimate of drug-likeness (QED) is 0.392. The SMILES string of the molecule is CC(C)(C)NCCNCCOCCOCCOCCO. The van der Waals surface area contributed by atoms with Crippen LogP contribution in [0.4, 0.5) is 0 Å². The van der Waals surface area contributed by atoms with E-state index in [4.69, 9.17) is 19.3 Å². The molecule has 0 radical (unpaired) electrons. The Bertz CT molecular complexity index is 198. The molecule has 0 aromatic rings. The van der Waals surface area contributed by atoms with Crippen LogP contribution in [-0.2, 0) is 14.2 Å². The highest BCUT2D eigenvalue weighted by atomic mass is 16.5. The zero-order valence-corrected chi connectivity index (χ0v) is 13.2. The summed E-state index contributed by atoms with van der Waals surface area (Å²) in [4.78, 5) is 0. The third-order valence-electron chi connectivity index (χ3n) is 2.36. The van der Waals surface area contributed by atoms with Crippen LogP contribution < -0.4 is 10.6 Å². The van der Waals surface area contributed by atoms with Gasteiger partial charge in [-0.2, -0.15) is 0 Å². The molecule has 0 spiro atoms. The molecular weight excluding hydrogens is 260 g/mol. The molecule has 0 saturated heterocycles. The van der Waals surface area contributed by atoms with Crippen LogP contribution in [0, 0.1) is 0 Å². The molecule has 0 unspecified atom stereocenters. The summed E-state index contributed by atoms with van der Waals surface area (Å²) in [5.74, 6) is 0. The van der Waals surface area contributed by atoms with Gasteiger partial charge in [0.1, 0.15) is 0 Å². The average Bonchev–Trinajstić information content (AvgIpc) is 2.38. The van der Waals surface area contributed by atoms with E-state index in [1.807, 2.05) is 0 Å². The molecule has 6 heteroatoms. The van der Waals surface area contributed by atoms with Gasteiger partial charge in [0.25, 0.3) is 0 Å². The minimum absolute atomic E-state index is 0.0569. The molecule has 20 heavy (non-hydrogen) atoms. The second-order valence-electron chi connectivity index (χ2n) is 5.49. The van der Waals surface area contributed by atoms with Gasteiger partial charge in [-0.1, -0.05) is 0 Å². The van der Waals surface area contributed by atoms with E-state index in [-0.39, 0.29) is 12.1 Å². The van der Waals surface area contributed by atoms with Crippen molar-refractivity contribution in [1.82, 2.24) is 10.6 Å². The van der Waals surface area contributed by atoms with Crippen molar-refractivity contribution in [3.05, 3.63) is 0 Å². The van der Waals surface area contributed by atoms with Crippen molar-refractivity contribution in [2.45, 2.75) is 26.3 Å². The Morgan fingerprint density at radius 1 is 0.750 bits per heavy atom. The van der Waals surface area contributed by atoms with Gasteiger partial charge >= 0.3 is 0 Å². The molecule has 0 aliphatic heterocycles. The molecule has 0 fully saturated rings. The molecular formula is C14H32N2O4. The second-order valence-corrected chi connectivity index (χ2v) is 5.49. The van der Waals surface area contributed by atoms with Gasteiger partial charge in [0, 0.05) is 25.2 Å². The molecule has 0 aromatic heterocycles. The standard InChI is InChI=1S/C14H32N2O4/c1-14(2,3)16-5-4-15-6-8-18-10-12-20-13-11-19-9-7-17/h15-17H,4-13H2,1-3H3. The van der Waals surface area contributed by atoms with E-state index in [0.29, 0.717) is 39.6 Å². The molecule has 0 aromatic carbocycles. The largest absolute Gasteiger partial charge is 0.394 e. The third kappa shape index (κ3) is 17.8. The molecule has 6 nitrogen and oxygen atoms in total. The molecule has 0 aliphatic carbocycles. The first kappa shape index (κ1) is 19.8. The average molecular weight is 292 g/mol. The predicted octanol–water partition coefficient (Wildman–Crippen LogP) is 0.00620. The minimum Gasteiger partial charge on any atom is -0.394 e. The molecule has 122 valence electrons. The zero-order chi connectivity index (χ0) is 15.1. The molecule has 0 atom stereocenters. The van der Waals surface area contributed by atoms with Crippen molar-refractivity contribution >= 4 is 0 Å². The number of hydrogen-bond acceptors (Lipinski definition) is 6. The fourth-order valence-corrected chi connectivity index (χ4v) is 1.40. The lowest BCUT2D eigenvalue weighted by Gasteiger charge is -2.20. The molecule has 0 aliphatic rings. The van der Waals surface area contributed by atoms with Gasteiger partial charge in [-0.05, 0) is 20.8 Å². The maximum absolute atomic E-state index is 8.49. The topological polar surface area (TPSA) is 72.0 Å². The monoisotopic (exact) mass is 292 g/mol. The van der Waals surface area contributed by atoms with Gasteiger partial charge in [0.15, 0.2) is 0 Å². The normalized spacial score (nSPS) is 12.0. The fraction of sp³-hybridized carbons (Fsp3) is 1.00. The van der Waals surface area contributed by atoms with E-state index >= 15 is 0 Å². The molecule has 0 amide bonds. The zero-order valence-electron chi connectivity index (χ0n) is 13.2. The predicted molar refractivity (Wildman–Crippen MR) is 80.2 cm³/mol. The van der Waals surface area contributed by atoms with Gasteiger partial charge in [0.05, 0.1) is 46.2 Å². The number of nitrogens with one attached hydrogen (secondary N) is 2. The molecule has 0 saturated carbocycles. The fourth-order valence-electron chi connectivity index (χ4n) is 1.40. The van der Waals surface area contributed by atoms with E-state index in [1.54, 1.807) is 0 Å². The first-order chi connectivity index (χ1) is 9.56. The Labute approximate surface area is 123 Å². The Kier molecular flexibility index (Phi) is 13.6. The first-order valence-electron chi connectivity index (χ1n) is 7.36. The Morgan fingerprint density at radius 3 is 1.85 bits per heavy atom. The minimum atomic E-state index is 0.0569. The van der Waals surface area contributed by atoms with Crippen molar-refractivity contribution in [3.8, 4) is 0 Å². The number of aliphatic hydroxyl groups is 1. The Balaban J connectivity index is 2.99. The van der Waals surface area contributed by atoms with E-state index in [1.165, 1.54) is 0 Å². The van der Waals surface area contributed by atoms with Crippen molar-refractivity contribution in [3.63, 3.8) is 0 Å². The van der Waals surface area contributed by atoms with E-state index in [0.717, 1.165) is 19.6 Å². The lowest BCUT2D eigenvalue weighted by Crippen LogP contribution is -2.40. The van der Waals surface area contributed by atoms with Gasteiger partial charge in [-0.3, -0.25) is 0 Å². The maximum atomic E-state index is 8.49. The summed E-state index contributed by atoms with van der Waals surface area (Å²) < 4.78 is 15.8. The van der Waals surface area contributed by atoms with E-state index in [9.17, 15) is 0 Å². The van der Waals surface area contributed by atoms with Crippen molar-refractivity contribution < 1.29 is 19.3 Å². The second kappa shape index (κ2) is 13.7. The van der Waals surface area contributed by atoms with Crippen LogP contribution in [0.1, 0.15) is 20.8 Å². The van der Waals surface area contributed by atoms with E-state index in [2.05, 4.69) is 31.4 Å². The number of rotatable bonds is 14. The van der Waals surface area contributed by atoms with Gasteiger partial charge < -0.3 is 30.0 Å². The number of aliphatic hydroxyl groups excluding tert-OH is 1. The Morgan fingerprint density at radius 2 is 1.30 bits per heavy atom. The summed E-state index contributed by atoms with van der Waals surface area (Å²) in [7, 11) is 0. The molecule has 0 bridgehead atoms. The lowest BCUT2D eigenvalue weighted by molar-refractivity contribution is 0.00822. The number of hydrogen-bond donors (Lipinski definition) is 3. The summed E-state index contributed by atoms with van der Waals surface area (Å²) in [6, 6.07) is 0. The molecule has 3 N–H and O–H groups in total. The first-order valence-corrected chi connectivity index (χ1v) is 7.36. The summed E-state index contributed by atoms with van der Waals surface area (Å²) in [6.45, 7) is 12.6. The maximum Gasteiger partial charge on any atom is 0.0701 e. The summed E-state index contributed by atoms with van der Waals surface area (Å²) in [6.07, 6.45) is 0. The summed E-state index contributed by atoms with van der Waals surface area (Å²) in [5, 5.41) is 15.2. The van der Waals surface area contributed by atoms with Gasteiger partial charge in [0.2, 0.25) is 0 Å². The van der Waals surface area contributed by atoms with Gasteiger partial charge in [-0.15, -0.1) is 0 Å². The highest BCUT2D eigenvalue weighted by molar-refractivity contribution is 4.70. The summed E-state index contributed by atoms with van der Waals surface area (Å²) >= 11 is 0. The van der Waals surface area contributed by atoms with E-state index < -0.39 is 0 Å². The molecule has 0 rings (SSSR count). The van der Waals surface area contributed by atoms with Crippen LogP contribution in [0.5, 0.6) is 0 Å². The van der Waals surface area contributed by atoms with Crippen molar-refractivity contribution in [2.24, 2.45) is 0 Å². The van der Waals surface area contributed by atoms with Crippen LogP contribution in [0.3, 0.4) is 0 Å². The van der Waals surface area contributed by atoms with Crippen LogP contribution in [0.25, 0.3) is 0 Å². The Hall–Kier alpha value is -0.240. The summed E-state index contributed by atoms with van der Waals surface area (Å²) in [5.41, 5.74) is 0.177. The van der Waals surface area contributed by atoms with Crippen molar-refractivity contribution in [2.75, 3.05) is 65.9 Å². The number of ether oxygens (including phenoxy) is 3. The lowest BCUT2D eigenvalue weighted by atomic mass is 10.1. The van der Waals surface area contributed by atoms with Crippen LogP contribution in [0.2, 0.25) is 0 Å².